The lowest BCUT2D eigenvalue weighted by Gasteiger charge is -2.13. The number of hydrogen-bond acceptors (Lipinski definition) is 4. The van der Waals surface area contributed by atoms with Crippen molar-refractivity contribution >= 4 is 23.4 Å². The maximum atomic E-state index is 12.2. The Morgan fingerprint density at radius 2 is 1.96 bits per heavy atom. The highest BCUT2D eigenvalue weighted by Crippen LogP contribution is 2.22. The van der Waals surface area contributed by atoms with Gasteiger partial charge in [-0.1, -0.05) is 43.8 Å². The Kier molecular flexibility index (Phi) is 6.21. The van der Waals surface area contributed by atoms with Crippen LogP contribution in [0.5, 0.6) is 0 Å². The number of benzene rings is 1. The molecule has 1 aromatic heterocycles. The van der Waals surface area contributed by atoms with Gasteiger partial charge in [0.1, 0.15) is 5.82 Å². The zero-order valence-corrected chi connectivity index (χ0v) is 15.0. The molecule has 1 aromatic carbocycles. The minimum absolute atomic E-state index is 0.0211. The molecule has 0 unspecified atom stereocenters. The smallest absolute Gasteiger partial charge is 0.234 e. The van der Waals surface area contributed by atoms with Crippen LogP contribution in [-0.2, 0) is 17.6 Å². The lowest BCUT2D eigenvalue weighted by Crippen LogP contribution is -2.16. The molecule has 1 heterocycles. The molecule has 0 aliphatic rings. The van der Waals surface area contributed by atoms with Crippen LogP contribution in [0.4, 0.5) is 5.69 Å². The van der Waals surface area contributed by atoms with Crippen molar-refractivity contribution in [2.45, 2.75) is 51.7 Å². The summed E-state index contributed by atoms with van der Waals surface area (Å²) >= 11 is 1.43. The van der Waals surface area contributed by atoms with E-state index in [0.29, 0.717) is 5.75 Å². The summed E-state index contributed by atoms with van der Waals surface area (Å²) in [6.45, 7) is 8.34. The normalized spacial score (nSPS) is 11.0. The third kappa shape index (κ3) is 4.34. The van der Waals surface area contributed by atoms with Crippen molar-refractivity contribution in [2.24, 2.45) is 0 Å². The average molecular weight is 332 g/mol. The van der Waals surface area contributed by atoms with E-state index in [1.165, 1.54) is 11.8 Å². The molecule has 1 amide bonds. The largest absolute Gasteiger partial charge is 0.325 e. The van der Waals surface area contributed by atoms with E-state index in [4.69, 9.17) is 0 Å². The monoisotopic (exact) mass is 332 g/mol. The molecule has 2 rings (SSSR count). The van der Waals surface area contributed by atoms with Crippen LogP contribution in [0.1, 0.15) is 45.1 Å². The molecule has 0 bridgehead atoms. The van der Waals surface area contributed by atoms with Crippen LogP contribution in [0.25, 0.3) is 0 Å². The van der Waals surface area contributed by atoms with Crippen molar-refractivity contribution in [2.75, 3.05) is 11.1 Å². The van der Waals surface area contributed by atoms with Gasteiger partial charge in [0, 0.05) is 18.2 Å². The maximum Gasteiger partial charge on any atom is 0.234 e. The summed E-state index contributed by atoms with van der Waals surface area (Å²) in [6.07, 6.45) is 1.73. The van der Waals surface area contributed by atoms with Gasteiger partial charge in [-0.2, -0.15) is 0 Å². The number of thioether (sulfide) groups is 1. The van der Waals surface area contributed by atoms with Crippen molar-refractivity contribution in [3.8, 4) is 0 Å². The molecule has 0 saturated carbocycles. The minimum Gasteiger partial charge on any atom is -0.325 e. The summed E-state index contributed by atoms with van der Waals surface area (Å²) < 4.78 is 2.10. The molecule has 6 heteroatoms. The Labute approximate surface area is 141 Å². The van der Waals surface area contributed by atoms with Crippen LogP contribution < -0.4 is 5.32 Å². The molecule has 2 aromatic rings. The molecule has 0 atom stereocenters. The van der Waals surface area contributed by atoms with Gasteiger partial charge < -0.3 is 9.88 Å². The fourth-order valence-corrected chi connectivity index (χ4v) is 3.32. The topological polar surface area (TPSA) is 59.8 Å². The summed E-state index contributed by atoms with van der Waals surface area (Å²) in [5, 5.41) is 12.2. The van der Waals surface area contributed by atoms with E-state index in [-0.39, 0.29) is 11.9 Å². The van der Waals surface area contributed by atoms with E-state index in [1.807, 2.05) is 24.3 Å². The molecule has 0 spiro atoms. The highest BCUT2D eigenvalue weighted by atomic mass is 32.2. The van der Waals surface area contributed by atoms with Crippen LogP contribution in [0.15, 0.2) is 29.4 Å². The van der Waals surface area contributed by atoms with Crippen molar-refractivity contribution in [1.29, 1.82) is 0 Å². The Balaban J connectivity index is 2.01. The standard InChI is InChI=1S/C17H24N4OS/c1-5-13-9-7-8-10-14(13)18-16(22)11-23-17-20-19-15(6-2)21(17)12(3)4/h7-10,12H,5-6,11H2,1-4H3,(H,18,22). The van der Waals surface area contributed by atoms with E-state index in [9.17, 15) is 4.79 Å². The maximum absolute atomic E-state index is 12.2. The number of aryl methyl sites for hydroxylation is 2. The van der Waals surface area contributed by atoms with Crippen LogP contribution in [0.3, 0.4) is 0 Å². The number of nitrogens with one attached hydrogen (secondary N) is 1. The van der Waals surface area contributed by atoms with Gasteiger partial charge >= 0.3 is 0 Å². The number of carbonyl (C=O) groups is 1. The summed E-state index contributed by atoms with van der Waals surface area (Å²) in [7, 11) is 0. The number of hydrogen-bond donors (Lipinski definition) is 1. The second-order valence-electron chi connectivity index (χ2n) is 5.56. The predicted octanol–water partition coefficient (Wildman–Crippen LogP) is 3.71. The fourth-order valence-electron chi connectivity index (χ4n) is 2.43. The van der Waals surface area contributed by atoms with E-state index in [1.54, 1.807) is 0 Å². The minimum atomic E-state index is -0.0211. The molecule has 0 radical (unpaired) electrons. The highest BCUT2D eigenvalue weighted by molar-refractivity contribution is 7.99. The molecule has 1 N–H and O–H groups in total. The first kappa shape index (κ1) is 17.5. The van der Waals surface area contributed by atoms with Crippen molar-refractivity contribution in [3.63, 3.8) is 0 Å². The molecule has 124 valence electrons. The Morgan fingerprint density at radius 1 is 1.22 bits per heavy atom. The molecule has 0 aliphatic carbocycles. The number of amides is 1. The first-order valence-electron chi connectivity index (χ1n) is 8.01. The second-order valence-corrected chi connectivity index (χ2v) is 6.51. The van der Waals surface area contributed by atoms with Gasteiger partial charge in [-0.25, -0.2) is 0 Å². The van der Waals surface area contributed by atoms with Gasteiger partial charge in [0.15, 0.2) is 5.16 Å². The fraction of sp³-hybridized carbons (Fsp3) is 0.471. The Bertz CT molecular complexity index is 666. The molecular formula is C17H24N4OS. The number of carbonyl (C=O) groups excluding carboxylic acids is 1. The summed E-state index contributed by atoms with van der Waals surface area (Å²) in [5.74, 6) is 1.26. The van der Waals surface area contributed by atoms with E-state index < -0.39 is 0 Å². The lowest BCUT2D eigenvalue weighted by atomic mass is 10.1. The van der Waals surface area contributed by atoms with Crippen LogP contribution in [0, 0.1) is 0 Å². The lowest BCUT2D eigenvalue weighted by molar-refractivity contribution is -0.113. The van der Waals surface area contributed by atoms with Gasteiger partial charge in [-0.3, -0.25) is 4.79 Å². The summed E-state index contributed by atoms with van der Waals surface area (Å²) in [6, 6.07) is 8.18. The van der Waals surface area contributed by atoms with Crippen LogP contribution in [0.2, 0.25) is 0 Å². The molecular weight excluding hydrogens is 308 g/mol. The average Bonchev–Trinajstić information content (AvgIpc) is 2.96. The van der Waals surface area contributed by atoms with Crippen molar-refractivity contribution < 1.29 is 4.79 Å². The number of para-hydroxylation sites is 1. The third-order valence-corrected chi connectivity index (χ3v) is 4.52. The zero-order valence-electron chi connectivity index (χ0n) is 14.2. The molecule has 0 fully saturated rings. The quantitative estimate of drug-likeness (QED) is 0.785. The first-order chi connectivity index (χ1) is 11.1. The van der Waals surface area contributed by atoms with Gasteiger partial charge in [0.2, 0.25) is 5.91 Å². The van der Waals surface area contributed by atoms with Gasteiger partial charge in [-0.05, 0) is 31.9 Å². The SMILES string of the molecule is CCc1ccccc1NC(=O)CSc1nnc(CC)n1C(C)C. The Hall–Kier alpha value is -1.82. The van der Waals surface area contributed by atoms with Gasteiger partial charge in [0.05, 0.1) is 5.75 Å². The Morgan fingerprint density at radius 3 is 2.61 bits per heavy atom. The van der Waals surface area contributed by atoms with E-state index in [2.05, 4.69) is 47.8 Å². The zero-order chi connectivity index (χ0) is 16.8. The molecule has 5 nitrogen and oxygen atoms in total. The van der Waals surface area contributed by atoms with Crippen LogP contribution >= 0.6 is 11.8 Å². The molecule has 23 heavy (non-hydrogen) atoms. The third-order valence-electron chi connectivity index (χ3n) is 3.57. The van der Waals surface area contributed by atoms with E-state index >= 15 is 0 Å². The molecule has 0 saturated heterocycles. The summed E-state index contributed by atoms with van der Waals surface area (Å²) in [5.41, 5.74) is 2.03. The predicted molar refractivity (Wildman–Crippen MR) is 95.0 cm³/mol. The molecule has 0 aliphatic heterocycles. The van der Waals surface area contributed by atoms with Crippen molar-refractivity contribution in [1.82, 2.24) is 14.8 Å². The first-order valence-corrected chi connectivity index (χ1v) is 8.99. The highest BCUT2D eigenvalue weighted by Gasteiger charge is 2.15. The number of rotatable bonds is 7. The van der Waals surface area contributed by atoms with Gasteiger partial charge in [0.25, 0.3) is 0 Å². The van der Waals surface area contributed by atoms with Gasteiger partial charge in [-0.15, -0.1) is 10.2 Å². The van der Waals surface area contributed by atoms with Crippen molar-refractivity contribution in [3.05, 3.63) is 35.7 Å². The number of nitrogens with zero attached hydrogens (tertiary/aromatic N) is 3. The second kappa shape index (κ2) is 8.15. The number of anilines is 1. The number of aromatic nitrogens is 3. The summed E-state index contributed by atoms with van der Waals surface area (Å²) in [4.78, 5) is 12.2. The van der Waals surface area contributed by atoms with Crippen LogP contribution in [-0.4, -0.2) is 26.4 Å². The van der Waals surface area contributed by atoms with E-state index in [0.717, 1.165) is 35.1 Å².